The maximum absolute atomic E-state index is 13.0. The molecular formula is C16H18N2O6S2. The Morgan fingerprint density at radius 2 is 2.15 bits per heavy atom. The van der Waals surface area contributed by atoms with E-state index in [0.29, 0.717) is 5.00 Å². The fourth-order valence-electron chi connectivity index (χ4n) is 3.20. The second-order valence-electron chi connectivity index (χ2n) is 5.93. The molecule has 0 saturated carbocycles. The van der Waals surface area contributed by atoms with E-state index in [0.717, 1.165) is 11.8 Å². The van der Waals surface area contributed by atoms with Gasteiger partial charge < -0.3 is 14.9 Å². The lowest BCUT2D eigenvalue weighted by Gasteiger charge is -2.58. The molecule has 2 amide bonds. The van der Waals surface area contributed by atoms with E-state index in [1.807, 2.05) is 0 Å². The van der Waals surface area contributed by atoms with Gasteiger partial charge in [-0.1, -0.05) is 0 Å². The van der Waals surface area contributed by atoms with Gasteiger partial charge in [0.05, 0.1) is 6.10 Å². The number of methoxy groups -OCH3 is 1. The zero-order chi connectivity index (χ0) is 19.2. The molecule has 0 spiro atoms. The van der Waals surface area contributed by atoms with Crippen molar-refractivity contribution in [3.05, 3.63) is 29.3 Å². The van der Waals surface area contributed by atoms with Crippen molar-refractivity contribution >= 4 is 45.9 Å². The van der Waals surface area contributed by atoms with Crippen LogP contribution in [0.1, 0.15) is 13.8 Å². The van der Waals surface area contributed by atoms with Crippen LogP contribution in [0.4, 0.5) is 5.00 Å². The van der Waals surface area contributed by atoms with Gasteiger partial charge in [0.2, 0.25) is 5.91 Å². The molecule has 0 radical (unpaired) electrons. The Labute approximate surface area is 158 Å². The Morgan fingerprint density at radius 3 is 2.62 bits per heavy atom. The topological polar surface area (TPSA) is 107 Å². The summed E-state index contributed by atoms with van der Waals surface area (Å²) >= 11 is 2.25. The van der Waals surface area contributed by atoms with Crippen molar-refractivity contribution in [2.24, 2.45) is 0 Å². The first kappa shape index (κ1) is 18.9. The molecule has 1 aromatic rings. The number of aliphatic hydroxyl groups excluding tert-OH is 1. The largest absolute Gasteiger partial charge is 0.480 e. The van der Waals surface area contributed by atoms with Crippen molar-refractivity contribution in [1.82, 2.24) is 4.90 Å². The summed E-state index contributed by atoms with van der Waals surface area (Å²) in [7, 11) is 1.32. The molecule has 1 fully saturated rings. The van der Waals surface area contributed by atoms with E-state index in [4.69, 9.17) is 4.74 Å². The SMILES string of the molecule is COC1(N(C(C)=O)c2cccs2)C(=O)N2C=C(C(C)O)C(C(=O)O)S[C@@H]21. The highest BCUT2D eigenvalue weighted by atomic mass is 32.2. The van der Waals surface area contributed by atoms with Gasteiger partial charge >= 0.3 is 5.97 Å². The molecule has 3 heterocycles. The summed E-state index contributed by atoms with van der Waals surface area (Å²) in [5, 5.41) is 19.9. The second-order valence-corrected chi connectivity index (χ2v) is 8.05. The number of hydrogen-bond donors (Lipinski definition) is 2. The Kier molecular flexibility index (Phi) is 4.86. The number of carboxylic acids is 1. The number of aliphatic carboxylic acids is 1. The highest BCUT2D eigenvalue weighted by molar-refractivity contribution is 8.01. The molecule has 1 saturated heterocycles. The van der Waals surface area contributed by atoms with Crippen LogP contribution in [0.15, 0.2) is 29.3 Å². The highest BCUT2D eigenvalue weighted by Crippen LogP contribution is 2.51. The number of rotatable bonds is 5. The number of carboxylic acid groups (broad SMARTS) is 1. The van der Waals surface area contributed by atoms with Gasteiger partial charge in [0.1, 0.15) is 15.6 Å². The van der Waals surface area contributed by atoms with Crippen LogP contribution in [0.25, 0.3) is 0 Å². The number of hydrogen-bond acceptors (Lipinski definition) is 7. The lowest BCUT2D eigenvalue weighted by Crippen LogP contribution is -2.80. The number of thioether (sulfide) groups is 1. The standard InChI is InChI=1S/C16H18N2O6S2/c1-8(19)10-7-17-14(23)16(24-3,15(17)26-12(10)13(21)22)18(9(2)20)11-5-4-6-25-11/h4-8,12,15,19H,1-3H3,(H,21,22)/t8?,12?,15-,16?/m1/s1. The lowest BCUT2D eigenvalue weighted by molar-refractivity contribution is -0.182. The number of fused-ring (bicyclic) bond motifs is 1. The van der Waals surface area contributed by atoms with Gasteiger partial charge in [-0.05, 0) is 30.0 Å². The van der Waals surface area contributed by atoms with Crippen LogP contribution in [0.2, 0.25) is 0 Å². The first-order valence-corrected chi connectivity index (χ1v) is 9.58. The summed E-state index contributed by atoms with van der Waals surface area (Å²) in [6.07, 6.45) is 0.341. The molecule has 26 heavy (non-hydrogen) atoms. The minimum atomic E-state index is -1.63. The number of carbonyl (C=O) groups excluding carboxylic acids is 2. The molecule has 8 nitrogen and oxygen atoms in total. The second kappa shape index (κ2) is 6.69. The van der Waals surface area contributed by atoms with Gasteiger partial charge in [0.25, 0.3) is 11.6 Å². The zero-order valence-electron chi connectivity index (χ0n) is 14.3. The molecule has 4 atom stereocenters. The Balaban J connectivity index is 2.07. The van der Waals surface area contributed by atoms with E-state index in [2.05, 4.69) is 0 Å². The van der Waals surface area contributed by atoms with Crippen LogP contribution >= 0.6 is 23.1 Å². The van der Waals surface area contributed by atoms with E-state index < -0.39 is 34.3 Å². The summed E-state index contributed by atoms with van der Waals surface area (Å²) < 4.78 is 5.54. The molecule has 2 aliphatic rings. The molecule has 2 N–H and O–H groups in total. The van der Waals surface area contributed by atoms with Gasteiger partial charge in [-0.2, -0.15) is 0 Å². The van der Waals surface area contributed by atoms with Crippen molar-refractivity contribution in [3.63, 3.8) is 0 Å². The Morgan fingerprint density at radius 1 is 1.46 bits per heavy atom. The number of thiophene rings is 1. The molecule has 0 aliphatic carbocycles. The summed E-state index contributed by atoms with van der Waals surface area (Å²) in [5.41, 5.74) is -1.40. The number of β-lactam (4-membered cyclic amide) rings is 1. The monoisotopic (exact) mass is 398 g/mol. The van der Waals surface area contributed by atoms with Crippen LogP contribution in [-0.2, 0) is 19.1 Å². The number of ether oxygens (including phenoxy) is 1. The molecule has 2 aliphatic heterocycles. The third kappa shape index (κ3) is 2.56. The molecule has 10 heteroatoms. The minimum Gasteiger partial charge on any atom is -0.480 e. The Hall–Kier alpha value is -1.88. The third-order valence-electron chi connectivity index (χ3n) is 4.38. The normalized spacial score (nSPS) is 28.7. The summed E-state index contributed by atoms with van der Waals surface area (Å²) in [5.74, 6) is -2.00. The minimum absolute atomic E-state index is 0.224. The van der Waals surface area contributed by atoms with Gasteiger partial charge in [-0.15, -0.1) is 23.1 Å². The van der Waals surface area contributed by atoms with Crippen molar-refractivity contribution in [2.45, 2.75) is 36.3 Å². The van der Waals surface area contributed by atoms with E-state index in [9.17, 15) is 24.6 Å². The molecule has 3 rings (SSSR count). The van der Waals surface area contributed by atoms with Crippen LogP contribution < -0.4 is 4.90 Å². The molecule has 140 valence electrons. The smallest absolute Gasteiger partial charge is 0.321 e. The summed E-state index contributed by atoms with van der Waals surface area (Å²) in [4.78, 5) is 39.6. The van der Waals surface area contributed by atoms with Gasteiger partial charge in [0.15, 0.2) is 0 Å². The van der Waals surface area contributed by atoms with Gasteiger partial charge in [0, 0.05) is 20.2 Å². The molecule has 1 aromatic heterocycles. The van der Waals surface area contributed by atoms with E-state index in [1.54, 1.807) is 17.5 Å². The number of nitrogens with zero attached hydrogens (tertiary/aromatic N) is 2. The van der Waals surface area contributed by atoms with Crippen molar-refractivity contribution in [1.29, 1.82) is 0 Å². The molecule has 3 unspecified atom stereocenters. The predicted molar refractivity (Wildman–Crippen MR) is 96.6 cm³/mol. The van der Waals surface area contributed by atoms with Crippen LogP contribution in [0.5, 0.6) is 0 Å². The van der Waals surface area contributed by atoms with E-state index >= 15 is 0 Å². The first-order chi connectivity index (χ1) is 12.3. The molecular weight excluding hydrogens is 380 g/mol. The molecule has 0 aromatic carbocycles. The summed E-state index contributed by atoms with van der Waals surface area (Å²) in [6, 6.07) is 3.45. The third-order valence-corrected chi connectivity index (χ3v) is 6.78. The Bertz CT molecular complexity index is 778. The van der Waals surface area contributed by atoms with Crippen molar-refractivity contribution in [3.8, 4) is 0 Å². The fraction of sp³-hybridized carbons (Fsp3) is 0.438. The average Bonchev–Trinajstić information content (AvgIpc) is 3.10. The van der Waals surface area contributed by atoms with Crippen LogP contribution in [-0.4, -0.2) is 62.5 Å². The quantitative estimate of drug-likeness (QED) is 0.564. The average molecular weight is 398 g/mol. The van der Waals surface area contributed by atoms with Crippen molar-refractivity contribution in [2.75, 3.05) is 12.0 Å². The number of aliphatic hydroxyl groups is 1. The summed E-state index contributed by atoms with van der Waals surface area (Å²) in [6.45, 7) is 2.78. The maximum Gasteiger partial charge on any atom is 0.321 e. The van der Waals surface area contributed by atoms with Crippen LogP contribution in [0.3, 0.4) is 0 Å². The predicted octanol–water partition coefficient (Wildman–Crippen LogP) is 1.08. The zero-order valence-corrected chi connectivity index (χ0v) is 15.9. The molecule has 0 bridgehead atoms. The maximum atomic E-state index is 13.0. The number of amides is 2. The number of carbonyl (C=O) groups is 3. The highest BCUT2D eigenvalue weighted by Gasteiger charge is 2.69. The number of anilines is 1. The fourth-order valence-corrected chi connectivity index (χ4v) is 5.59. The van der Waals surface area contributed by atoms with Gasteiger partial charge in [-0.25, -0.2) is 0 Å². The van der Waals surface area contributed by atoms with Crippen molar-refractivity contribution < 1.29 is 29.3 Å². The van der Waals surface area contributed by atoms with E-state index in [1.165, 1.54) is 48.3 Å². The lowest BCUT2D eigenvalue weighted by atomic mass is 9.97. The van der Waals surface area contributed by atoms with Crippen LogP contribution in [0, 0.1) is 0 Å². The van der Waals surface area contributed by atoms with Gasteiger partial charge in [-0.3, -0.25) is 24.2 Å². The van der Waals surface area contributed by atoms with E-state index in [-0.39, 0.29) is 11.5 Å². The first-order valence-electron chi connectivity index (χ1n) is 7.75.